The molecule has 0 amide bonds. The van der Waals surface area contributed by atoms with Crippen LogP contribution in [-0.4, -0.2) is 28.0 Å². The fourth-order valence-electron chi connectivity index (χ4n) is 2.99. The molecule has 0 aliphatic carbocycles. The van der Waals surface area contributed by atoms with Crippen LogP contribution in [0.2, 0.25) is 0 Å². The van der Waals surface area contributed by atoms with Crippen molar-refractivity contribution >= 4 is 66.6 Å². The van der Waals surface area contributed by atoms with Crippen LogP contribution >= 0.6 is 27.3 Å². The Labute approximate surface area is 170 Å². The average molecular weight is 439 g/mol. The highest BCUT2D eigenvalue weighted by atomic mass is 79.9. The summed E-state index contributed by atoms with van der Waals surface area (Å²) in [6.07, 6.45) is 4.11. The minimum absolute atomic E-state index is 0.696. The second-order valence-electron chi connectivity index (χ2n) is 6.13. The Balaban J connectivity index is 1.60. The summed E-state index contributed by atoms with van der Waals surface area (Å²) in [5, 5.41) is 0.909. The van der Waals surface area contributed by atoms with E-state index >= 15 is 0 Å². The molecule has 27 heavy (non-hydrogen) atoms. The van der Waals surface area contributed by atoms with E-state index in [0.29, 0.717) is 5.65 Å². The van der Waals surface area contributed by atoms with Gasteiger partial charge in [0.15, 0.2) is 10.5 Å². The molecule has 0 saturated carbocycles. The molecule has 0 fully saturated rings. The molecule has 4 nitrogen and oxygen atoms in total. The molecular formula is C21H19BrN4S. The fourth-order valence-corrected chi connectivity index (χ4v) is 4.14. The van der Waals surface area contributed by atoms with Gasteiger partial charge in [-0.05, 0) is 55.8 Å². The maximum atomic E-state index is 4.68. The lowest BCUT2D eigenvalue weighted by Gasteiger charge is -2.20. The van der Waals surface area contributed by atoms with E-state index in [2.05, 4.69) is 80.0 Å². The van der Waals surface area contributed by atoms with Crippen LogP contribution in [0.15, 0.2) is 46.9 Å². The molecule has 0 bridgehead atoms. The molecule has 0 unspecified atom stereocenters. The summed E-state index contributed by atoms with van der Waals surface area (Å²) >= 11 is 5.04. The molecule has 4 rings (SSSR count). The van der Waals surface area contributed by atoms with Crippen molar-refractivity contribution in [2.24, 2.45) is 0 Å². The maximum absolute atomic E-state index is 4.68. The van der Waals surface area contributed by atoms with Crippen LogP contribution in [0.4, 0.5) is 5.69 Å². The molecule has 2 aromatic heterocycles. The summed E-state index contributed by atoms with van der Waals surface area (Å²) in [6.45, 7) is 6.38. The molecule has 2 heterocycles. The van der Waals surface area contributed by atoms with E-state index in [4.69, 9.17) is 0 Å². The van der Waals surface area contributed by atoms with Crippen molar-refractivity contribution in [3.8, 4) is 0 Å². The number of halogens is 1. The number of rotatable bonds is 5. The third kappa shape index (κ3) is 3.87. The van der Waals surface area contributed by atoms with Crippen LogP contribution < -0.4 is 4.90 Å². The van der Waals surface area contributed by atoms with Gasteiger partial charge in [-0.1, -0.05) is 45.5 Å². The molecule has 0 N–H and O–H groups in total. The zero-order valence-electron chi connectivity index (χ0n) is 15.2. The van der Waals surface area contributed by atoms with Crippen molar-refractivity contribution in [3.05, 3.63) is 57.5 Å². The van der Waals surface area contributed by atoms with Gasteiger partial charge in [-0.25, -0.2) is 15.0 Å². The fraction of sp³-hybridized carbons (Fsp3) is 0.190. The lowest BCUT2D eigenvalue weighted by atomic mass is 10.2. The van der Waals surface area contributed by atoms with Crippen molar-refractivity contribution in [3.63, 3.8) is 0 Å². The first kappa shape index (κ1) is 18.1. The van der Waals surface area contributed by atoms with E-state index in [-0.39, 0.29) is 0 Å². The highest BCUT2D eigenvalue weighted by Crippen LogP contribution is 2.25. The Morgan fingerprint density at radius 1 is 0.926 bits per heavy atom. The van der Waals surface area contributed by atoms with E-state index in [1.807, 2.05) is 24.3 Å². The van der Waals surface area contributed by atoms with E-state index in [0.717, 1.165) is 44.0 Å². The first-order valence-corrected chi connectivity index (χ1v) is 10.5. The lowest BCUT2D eigenvalue weighted by Crippen LogP contribution is -2.21. The molecule has 136 valence electrons. The number of aromatic nitrogens is 3. The number of nitrogens with zero attached hydrogens (tertiary/aromatic N) is 4. The van der Waals surface area contributed by atoms with Crippen LogP contribution in [-0.2, 0) is 0 Å². The van der Waals surface area contributed by atoms with Crippen molar-refractivity contribution in [1.82, 2.24) is 15.0 Å². The molecule has 0 aliphatic rings. The second kappa shape index (κ2) is 7.74. The van der Waals surface area contributed by atoms with Gasteiger partial charge in [-0.2, -0.15) is 0 Å². The molecule has 0 saturated heterocycles. The van der Waals surface area contributed by atoms with Gasteiger partial charge < -0.3 is 4.90 Å². The molecule has 0 radical (unpaired) electrons. The SMILES string of the molecule is CCN(CC)c1ccc(/C=C/c2nc3nc4cc(Br)ccc4nc3s2)cc1. The molecule has 4 aromatic rings. The quantitative estimate of drug-likeness (QED) is 0.382. The van der Waals surface area contributed by atoms with Gasteiger partial charge in [-0.3, -0.25) is 0 Å². The normalized spacial score (nSPS) is 11.7. The van der Waals surface area contributed by atoms with Gasteiger partial charge >= 0.3 is 0 Å². The Morgan fingerprint density at radius 3 is 2.44 bits per heavy atom. The van der Waals surface area contributed by atoms with Gasteiger partial charge in [0.25, 0.3) is 0 Å². The Morgan fingerprint density at radius 2 is 1.70 bits per heavy atom. The third-order valence-corrected chi connectivity index (χ3v) is 5.83. The Bertz CT molecular complexity index is 1110. The topological polar surface area (TPSA) is 41.9 Å². The van der Waals surface area contributed by atoms with Crippen molar-refractivity contribution in [2.45, 2.75) is 13.8 Å². The Hall–Kier alpha value is -2.31. The van der Waals surface area contributed by atoms with Crippen LogP contribution in [0.5, 0.6) is 0 Å². The number of thiazole rings is 1. The van der Waals surface area contributed by atoms with E-state index in [9.17, 15) is 0 Å². The van der Waals surface area contributed by atoms with Gasteiger partial charge in [-0.15, -0.1) is 0 Å². The van der Waals surface area contributed by atoms with E-state index in [1.54, 1.807) is 11.3 Å². The molecule has 0 spiro atoms. The van der Waals surface area contributed by atoms with Crippen LogP contribution in [0, 0.1) is 0 Å². The van der Waals surface area contributed by atoms with Gasteiger partial charge in [0, 0.05) is 23.2 Å². The Kier molecular flexibility index (Phi) is 5.18. The smallest absolute Gasteiger partial charge is 0.190 e. The predicted octanol–water partition coefficient (Wildman–Crippen LogP) is 6.02. The van der Waals surface area contributed by atoms with Crippen molar-refractivity contribution < 1.29 is 0 Å². The van der Waals surface area contributed by atoms with Gasteiger partial charge in [0.05, 0.1) is 11.0 Å². The number of hydrogen-bond acceptors (Lipinski definition) is 5. The zero-order valence-corrected chi connectivity index (χ0v) is 17.6. The summed E-state index contributed by atoms with van der Waals surface area (Å²) in [7, 11) is 0. The van der Waals surface area contributed by atoms with Gasteiger partial charge in [0.2, 0.25) is 0 Å². The molecule has 0 aliphatic heterocycles. The highest BCUT2D eigenvalue weighted by Gasteiger charge is 2.07. The zero-order chi connectivity index (χ0) is 18.8. The predicted molar refractivity (Wildman–Crippen MR) is 119 cm³/mol. The minimum Gasteiger partial charge on any atom is -0.372 e. The molecule has 2 aromatic carbocycles. The first-order chi connectivity index (χ1) is 13.2. The molecule has 0 atom stereocenters. The number of fused-ring (bicyclic) bond motifs is 2. The summed E-state index contributed by atoms with van der Waals surface area (Å²) < 4.78 is 0.993. The summed E-state index contributed by atoms with van der Waals surface area (Å²) in [5.41, 5.74) is 4.84. The second-order valence-corrected chi connectivity index (χ2v) is 8.06. The standard InChI is InChI=1S/C21H19BrN4S/c1-3-26(4-2)16-9-5-14(6-10-16)7-12-19-25-20-21(27-19)24-17-11-8-15(22)13-18(17)23-20/h5-13H,3-4H2,1-2H3/b12-7+. The minimum atomic E-state index is 0.696. The summed E-state index contributed by atoms with van der Waals surface area (Å²) in [5.74, 6) is 0. The summed E-state index contributed by atoms with van der Waals surface area (Å²) in [6, 6.07) is 14.5. The molecular weight excluding hydrogens is 420 g/mol. The highest BCUT2D eigenvalue weighted by molar-refractivity contribution is 9.10. The van der Waals surface area contributed by atoms with Gasteiger partial charge in [0.1, 0.15) is 5.01 Å². The number of anilines is 1. The number of hydrogen-bond donors (Lipinski definition) is 0. The van der Waals surface area contributed by atoms with Crippen molar-refractivity contribution in [1.29, 1.82) is 0 Å². The summed E-state index contributed by atoms with van der Waals surface area (Å²) in [4.78, 5) is 17.1. The average Bonchev–Trinajstić information content (AvgIpc) is 3.08. The molecule has 6 heteroatoms. The maximum Gasteiger partial charge on any atom is 0.190 e. The third-order valence-electron chi connectivity index (χ3n) is 4.43. The van der Waals surface area contributed by atoms with Crippen LogP contribution in [0.3, 0.4) is 0 Å². The van der Waals surface area contributed by atoms with Crippen molar-refractivity contribution in [2.75, 3.05) is 18.0 Å². The number of benzene rings is 2. The van der Waals surface area contributed by atoms with E-state index < -0.39 is 0 Å². The van der Waals surface area contributed by atoms with Crippen LogP contribution in [0.25, 0.3) is 33.7 Å². The van der Waals surface area contributed by atoms with E-state index in [1.165, 1.54) is 5.69 Å². The van der Waals surface area contributed by atoms with Crippen LogP contribution in [0.1, 0.15) is 24.4 Å². The first-order valence-electron chi connectivity index (χ1n) is 8.93. The largest absolute Gasteiger partial charge is 0.372 e. The lowest BCUT2D eigenvalue weighted by molar-refractivity contribution is 0.866. The monoisotopic (exact) mass is 438 g/mol.